The Hall–Kier alpha value is -2.28. The molecule has 2 heterocycles. The van der Waals surface area contributed by atoms with Gasteiger partial charge >= 0.3 is 11.8 Å². The van der Waals surface area contributed by atoms with Crippen molar-refractivity contribution in [3.8, 4) is 11.4 Å². The van der Waals surface area contributed by atoms with E-state index in [0.29, 0.717) is 24.5 Å². The van der Waals surface area contributed by atoms with Gasteiger partial charge in [0.15, 0.2) is 0 Å². The summed E-state index contributed by atoms with van der Waals surface area (Å²) < 4.78 is 9.79. The summed E-state index contributed by atoms with van der Waals surface area (Å²) in [4.78, 5) is 19.7. The molecule has 0 fully saturated rings. The van der Waals surface area contributed by atoms with Gasteiger partial charge in [0.1, 0.15) is 0 Å². The minimum atomic E-state index is -0.390. The van der Waals surface area contributed by atoms with Crippen LogP contribution < -0.4 is 5.32 Å². The summed E-state index contributed by atoms with van der Waals surface area (Å²) in [5, 5.41) is 6.41. The number of pyridine rings is 1. The van der Waals surface area contributed by atoms with Gasteiger partial charge < -0.3 is 14.6 Å². The van der Waals surface area contributed by atoms with Crippen molar-refractivity contribution in [2.75, 3.05) is 20.3 Å². The highest BCUT2D eigenvalue weighted by Gasteiger charge is 2.15. The van der Waals surface area contributed by atoms with Gasteiger partial charge in [-0.15, -0.1) is 0 Å². The summed E-state index contributed by atoms with van der Waals surface area (Å²) >= 11 is 0. The van der Waals surface area contributed by atoms with Crippen LogP contribution >= 0.6 is 0 Å². The number of carbonyl (C=O) groups is 1. The number of methoxy groups -OCH3 is 1. The summed E-state index contributed by atoms with van der Waals surface area (Å²) in [5.74, 6) is -0.106. The van der Waals surface area contributed by atoms with Gasteiger partial charge in [-0.2, -0.15) is 4.98 Å². The molecule has 0 saturated carbocycles. The van der Waals surface area contributed by atoms with E-state index in [9.17, 15) is 4.79 Å². The average Bonchev–Trinajstić information content (AvgIpc) is 2.94. The lowest BCUT2D eigenvalue weighted by Crippen LogP contribution is -2.25. The number of nitrogens with one attached hydrogen (secondary N) is 1. The lowest BCUT2D eigenvalue weighted by molar-refractivity contribution is 0.0905. The van der Waals surface area contributed by atoms with Crippen LogP contribution in [0.2, 0.25) is 0 Å². The zero-order valence-electron chi connectivity index (χ0n) is 10.5. The Morgan fingerprint density at radius 3 is 3.16 bits per heavy atom. The van der Waals surface area contributed by atoms with Crippen LogP contribution in [0, 0.1) is 0 Å². The van der Waals surface area contributed by atoms with Crippen LogP contribution in [0.1, 0.15) is 17.1 Å². The highest BCUT2D eigenvalue weighted by atomic mass is 16.5. The molecule has 19 heavy (non-hydrogen) atoms. The van der Waals surface area contributed by atoms with Gasteiger partial charge in [0.2, 0.25) is 5.82 Å². The van der Waals surface area contributed by atoms with E-state index in [1.54, 1.807) is 31.6 Å². The van der Waals surface area contributed by atoms with Gasteiger partial charge in [0.25, 0.3) is 0 Å². The third-order valence-electron chi connectivity index (χ3n) is 2.35. The Labute approximate surface area is 110 Å². The Kier molecular flexibility index (Phi) is 4.57. The second kappa shape index (κ2) is 6.60. The van der Waals surface area contributed by atoms with E-state index in [0.717, 1.165) is 6.42 Å². The third kappa shape index (κ3) is 3.59. The lowest BCUT2D eigenvalue weighted by Gasteiger charge is -2.00. The predicted octanol–water partition coefficient (Wildman–Crippen LogP) is 0.898. The summed E-state index contributed by atoms with van der Waals surface area (Å²) in [5.41, 5.74) is 0.699. The molecule has 0 radical (unpaired) electrons. The van der Waals surface area contributed by atoms with Gasteiger partial charge in [-0.05, 0) is 18.6 Å². The molecule has 7 nitrogen and oxygen atoms in total. The fraction of sp³-hybridized carbons (Fsp3) is 0.333. The van der Waals surface area contributed by atoms with Crippen molar-refractivity contribution in [3.05, 3.63) is 30.4 Å². The van der Waals surface area contributed by atoms with E-state index in [1.807, 2.05) is 0 Å². The van der Waals surface area contributed by atoms with Crippen molar-refractivity contribution < 1.29 is 14.1 Å². The van der Waals surface area contributed by atoms with Crippen LogP contribution in [0.5, 0.6) is 0 Å². The maximum atomic E-state index is 11.7. The molecule has 0 saturated heterocycles. The number of carbonyl (C=O) groups excluding carboxylic acids is 1. The van der Waals surface area contributed by atoms with E-state index in [4.69, 9.17) is 9.26 Å². The van der Waals surface area contributed by atoms with Gasteiger partial charge in [-0.1, -0.05) is 5.16 Å². The van der Waals surface area contributed by atoms with Gasteiger partial charge in [-0.3, -0.25) is 9.78 Å². The maximum Gasteiger partial charge on any atom is 0.316 e. The molecule has 0 aromatic carbocycles. The number of rotatable bonds is 6. The molecule has 2 rings (SSSR count). The highest BCUT2D eigenvalue weighted by molar-refractivity contribution is 5.89. The summed E-state index contributed by atoms with van der Waals surface area (Å²) in [6.45, 7) is 1.09. The fourth-order valence-electron chi connectivity index (χ4n) is 1.42. The Morgan fingerprint density at radius 2 is 2.42 bits per heavy atom. The Bertz CT molecular complexity index is 527. The van der Waals surface area contributed by atoms with Crippen molar-refractivity contribution in [1.82, 2.24) is 20.4 Å². The van der Waals surface area contributed by atoms with Crippen LogP contribution in [0.3, 0.4) is 0 Å². The first kappa shape index (κ1) is 13.2. The monoisotopic (exact) mass is 262 g/mol. The molecule has 0 spiro atoms. The molecule has 2 aromatic rings. The van der Waals surface area contributed by atoms with Crippen LogP contribution in [-0.2, 0) is 4.74 Å². The van der Waals surface area contributed by atoms with Crippen LogP contribution in [-0.4, -0.2) is 41.3 Å². The first-order chi connectivity index (χ1) is 9.31. The first-order valence-corrected chi connectivity index (χ1v) is 5.82. The Morgan fingerprint density at radius 1 is 1.53 bits per heavy atom. The smallest absolute Gasteiger partial charge is 0.316 e. The summed E-state index contributed by atoms with van der Waals surface area (Å²) in [7, 11) is 1.61. The maximum absolute atomic E-state index is 11.7. The second-order valence-corrected chi connectivity index (χ2v) is 3.77. The minimum absolute atomic E-state index is 0.0590. The first-order valence-electron chi connectivity index (χ1n) is 5.82. The number of aromatic nitrogens is 3. The van der Waals surface area contributed by atoms with Crippen molar-refractivity contribution in [2.24, 2.45) is 0 Å². The predicted molar refractivity (Wildman–Crippen MR) is 66.4 cm³/mol. The van der Waals surface area contributed by atoms with Crippen molar-refractivity contribution in [1.29, 1.82) is 0 Å². The molecular formula is C12H14N4O3. The minimum Gasteiger partial charge on any atom is -0.385 e. The number of nitrogens with zero attached hydrogens (tertiary/aromatic N) is 3. The highest BCUT2D eigenvalue weighted by Crippen LogP contribution is 2.13. The third-order valence-corrected chi connectivity index (χ3v) is 2.35. The standard InChI is InChI=1S/C12H14N4O3/c1-18-7-3-6-14-11(17)12-15-10(16-19-12)9-4-2-5-13-8-9/h2,4-5,8H,3,6-7H2,1H3,(H,14,17). The van der Waals surface area contributed by atoms with Gasteiger partial charge in [0.05, 0.1) is 0 Å². The van der Waals surface area contributed by atoms with Crippen LogP contribution in [0.4, 0.5) is 0 Å². The summed E-state index contributed by atoms with van der Waals surface area (Å²) in [6.07, 6.45) is 3.98. The van der Waals surface area contributed by atoms with Crippen LogP contribution in [0.25, 0.3) is 11.4 Å². The zero-order valence-corrected chi connectivity index (χ0v) is 10.5. The molecule has 0 bridgehead atoms. The average molecular weight is 262 g/mol. The molecule has 0 aliphatic carbocycles. The molecular weight excluding hydrogens is 248 g/mol. The molecule has 0 atom stereocenters. The molecule has 0 aliphatic heterocycles. The summed E-state index contributed by atoms with van der Waals surface area (Å²) in [6, 6.07) is 3.55. The van der Waals surface area contributed by atoms with E-state index < -0.39 is 5.91 Å². The quantitative estimate of drug-likeness (QED) is 0.778. The molecule has 1 N–H and O–H groups in total. The largest absolute Gasteiger partial charge is 0.385 e. The van der Waals surface area contributed by atoms with E-state index >= 15 is 0 Å². The lowest BCUT2D eigenvalue weighted by atomic mass is 10.3. The van der Waals surface area contributed by atoms with Crippen molar-refractivity contribution in [3.63, 3.8) is 0 Å². The molecule has 1 amide bonds. The molecule has 0 aliphatic rings. The molecule has 7 heteroatoms. The topological polar surface area (TPSA) is 90.1 Å². The van der Waals surface area contributed by atoms with Gasteiger partial charge in [0, 0.05) is 38.2 Å². The second-order valence-electron chi connectivity index (χ2n) is 3.77. The van der Waals surface area contributed by atoms with E-state index in [1.165, 1.54) is 0 Å². The SMILES string of the molecule is COCCCNC(=O)c1nc(-c2cccnc2)no1. The number of ether oxygens (including phenoxy) is 1. The van der Waals surface area contributed by atoms with Crippen LogP contribution in [0.15, 0.2) is 29.0 Å². The van der Waals surface area contributed by atoms with Crippen molar-refractivity contribution in [2.45, 2.75) is 6.42 Å². The number of hydrogen-bond acceptors (Lipinski definition) is 6. The molecule has 0 unspecified atom stereocenters. The number of hydrogen-bond donors (Lipinski definition) is 1. The number of amides is 1. The van der Waals surface area contributed by atoms with Crippen molar-refractivity contribution >= 4 is 5.91 Å². The molecule has 2 aromatic heterocycles. The van der Waals surface area contributed by atoms with Gasteiger partial charge in [-0.25, -0.2) is 0 Å². The van der Waals surface area contributed by atoms with E-state index in [-0.39, 0.29) is 5.89 Å². The zero-order chi connectivity index (χ0) is 13.5. The normalized spacial score (nSPS) is 10.4. The molecule has 100 valence electrons. The van der Waals surface area contributed by atoms with E-state index in [2.05, 4.69) is 20.4 Å². The Balaban J connectivity index is 1.95. The fourth-order valence-corrected chi connectivity index (χ4v) is 1.42.